The lowest BCUT2D eigenvalue weighted by atomic mass is 10.1. The van der Waals surface area contributed by atoms with Crippen LogP contribution in [-0.2, 0) is 0 Å². The normalized spacial score (nSPS) is 21.3. The first kappa shape index (κ1) is 12.0. The fraction of sp³-hybridized carbons (Fsp3) is 0.667. The molecule has 0 radical (unpaired) electrons. The molecule has 0 spiro atoms. The van der Waals surface area contributed by atoms with Crippen molar-refractivity contribution < 1.29 is 4.79 Å². The average molecular weight is 236 g/mol. The number of carbonyl (C=O) groups is 1. The number of hydrogen-bond acceptors (Lipinski definition) is 3. The molecule has 1 fully saturated rings. The van der Waals surface area contributed by atoms with Crippen molar-refractivity contribution >= 4 is 11.6 Å². The number of anilines is 1. The number of aromatic nitrogens is 2. The largest absolute Gasteiger partial charge is 0.395 e. The van der Waals surface area contributed by atoms with E-state index in [0.29, 0.717) is 11.4 Å². The number of carbonyl (C=O) groups excluding carboxylic acids is 1. The van der Waals surface area contributed by atoms with Crippen LogP contribution < -0.4 is 5.73 Å². The monoisotopic (exact) mass is 236 g/mol. The molecule has 1 aromatic rings. The van der Waals surface area contributed by atoms with Crippen LogP contribution >= 0.6 is 0 Å². The van der Waals surface area contributed by atoms with Gasteiger partial charge >= 0.3 is 0 Å². The fourth-order valence-corrected chi connectivity index (χ4v) is 2.31. The second-order valence-corrected chi connectivity index (χ2v) is 4.81. The van der Waals surface area contributed by atoms with Gasteiger partial charge in [-0.1, -0.05) is 12.8 Å². The zero-order valence-electron chi connectivity index (χ0n) is 10.5. The Bertz CT molecular complexity index is 413. The van der Waals surface area contributed by atoms with Crippen molar-refractivity contribution in [3.63, 3.8) is 0 Å². The first-order chi connectivity index (χ1) is 8.11. The van der Waals surface area contributed by atoms with Crippen molar-refractivity contribution in [3.05, 3.63) is 11.4 Å². The molecule has 3 N–H and O–H groups in total. The lowest BCUT2D eigenvalue weighted by Gasteiger charge is -2.26. The summed E-state index contributed by atoms with van der Waals surface area (Å²) >= 11 is 0. The van der Waals surface area contributed by atoms with Gasteiger partial charge in [0.15, 0.2) is 5.69 Å². The Balaban J connectivity index is 2.21. The first-order valence-electron chi connectivity index (χ1n) is 6.22. The highest BCUT2D eigenvalue weighted by atomic mass is 16.2. The molecule has 1 unspecified atom stereocenters. The molecule has 2 heterocycles. The summed E-state index contributed by atoms with van der Waals surface area (Å²) in [6.07, 6.45) is 4.53. The van der Waals surface area contributed by atoms with E-state index in [1.54, 1.807) is 0 Å². The Morgan fingerprint density at radius 3 is 2.88 bits per heavy atom. The van der Waals surface area contributed by atoms with E-state index in [-0.39, 0.29) is 11.9 Å². The molecule has 0 bridgehead atoms. The van der Waals surface area contributed by atoms with Gasteiger partial charge in [-0.15, -0.1) is 0 Å². The van der Waals surface area contributed by atoms with Gasteiger partial charge in [-0.05, 0) is 26.7 Å². The highest BCUT2D eigenvalue weighted by molar-refractivity contribution is 5.97. The molecule has 1 aromatic heterocycles. The van der Waals surface area contributed by atoms with Gasteiger partial charge in [0.2, 0.25) is 0 Å². The highest BCUT2D eigenvalue weighted by Gasteiger charge is 2.26. The van der Waals surface area contributed by atoms with E-state index in [0.717, 1.165) is 25.1 Å². The average Bonchev–Trinajstić information content (AvgIpc) is 2.52. The number of H-pyrrole nitrogens is 1. The van der Waals surface area contributed by atoms with Crippen molar-refractivity contribution in [2.75, 3.05) is 12.3 Å². The summed E-state index contributed by atoms with van der Waals surface area (Å²) in [5.41, 5.74) is 7.46. The lowest BCUT2D eigenvalue weighted by molar-refractivity contribution is 0.0693. The molecule has 94 valence electrons. The van der Waals surface area contributed by atoms with E-state index in [4.69, 9.17) is 5.73 Å². The Kier molecular flexibility index (Phi) is 3.36. The number of likely N-dealkylation sites (tertiary alicyclic amines) is 1. The third-order valence-corrected chi connectivity index (χ3v) is 3.51. The van der Waals surface area contributed by atoms with Crippen LogP contribution in [0, 0.1) is 6.92 Å². The Morgan fingerprint density at radius 2 is 2.24 bits per heavy atom. The van der Waals surface area contributed by atoms with Crippen molar-refractivity contribution in [1.82, 2.24) is 15.1 Å². The number of nitrogens with zero attached hydrogens (tertiary/aromatic N) is 2. The van der Waals surface area contributed by atoms with Crippen LogP contribution in [0.1, 0.15) is 48.8 Å². The molecule has 1 aliphatic rings. The van der Waals surface area contributed by atoms with Crippen LogP contribution in [-0.4, -0.2) is 33.6 Å². The third kappa shape index (κ3) is 2.28. The minimum absolute atomic E-state index is 0.0405. The second-order valence-electron chi connectivity index (χ2n) is 4.81. The fourth-order valence-electron chi connectivity index (χ4n) is 2.31. The number of amides is 1. The molecule has 1 aliphatic heterocycles. The molecule has 17 heavy (non-hydrogen) atoms. The van der Waals surface area contributed by atoms with Gasteiger partial charge in [-0.2, -0.15) is 5.10 Å². The van der Waals surface area contributed by atoms with Gasteiger partial charge in [-0.25, -0.2) is 0 Å². The molecule has 5 heteroatoms. The van der Waals surface area contributed by atoms with Crippen LogP contribution in [0.5, 0.6) is 0 Å². The quantitative estimate of drug-likeness (QED) is 0.779. The van der Waals surface area contributed by atoms with Crippen LogP contribution in [0.2, 0.25) is 0 Å². The molecule has 5 nitrogen and oxygen atoms in total. The second kappa shape index (κ2) is 4.77. The van der Waals surface area contributed by atoms with E-state index in [2.05, 4.69) is 17.1 Å². The van der Waals surface area contributed by atoms with Crippen molar-refractivity contribution in [3.8, 4) is 0 Å². The van der Waals surface area contributed by atoms with Gasteiger partial charge in [-0.3, -0.25) is 9.89 Å². The number of aromatic amines is 1. The maximum atomic E-state index is 12.4. The van der Waals surface area contributed by atoms with E-state index in [9.17, 15) is 4.79 Å². The van der Waals surface area contributed by atoms with E-state index in [1.165, 1.54) is 12.8 Å². The molecule has 1 amide bonds. The summed E-state index contributed by atoms with van der Waals surface area (Å²) in [4.78, 5) is 14.3. The van der Waals surface area contributed by atoms with E-state index < -0.39 is 0 Å². The number of nitrogens with one attached hydrogen (secondary N) is 1. The predicted octanol–water partition coefficient (Wildman–Crippen LogP) is 1.71. The molecule has 0 aliphatic carbocycles. The first-order valence-corrected chi connectivity index (χ1v) is 6.22. The minimum Gasteiger partial charge on any atom is -0.395 e. The smallest absolute Gasteiger partial charge is 0.276 e. The summed E-state index contributed by atoms with van der Waals surface area (Å²) in [6, 6.07) is 0.279. The van der Waals surface area contributed by atoms with E-state index >= 15 is 0 Å². The third-order valence-electron chi connectivity index (χ3n) is 3.51. The molecular weight excluding hydrogens is 216 g/mol. The van der Waals surface area contributed by atoms with Gasteiger partial charge in [0.25, 0.3) is 5.91 Å². The van der Waals surface area contributed by atoms with Gasteiger partial charge in [0.1, 0.15) is 0 Å². The van der Waals surface area contributed by atoms with Gasteiger partial charge in [0, 0.05) is 12.6 Å². The number of aryl methyl sites for hydroxylation is 1. The topological polar surface area (TPSA) is 75.0 Å². The number of nitrogens with two attached hydrogens (primary N) is 1. The van der Waals surface area contributed by atoms with E-state index in [1.807, 2.05) is 11.8 Å². The van der Waals surface area contributed by atoms with Crippen molar-refractivity contribution in [2.45, 2.75) is 45.6 Å². The Morgan fingerprint density at radius 1 is 1.47 bits per heavy atom. The summed E-state index contributed by atoms with van der Waals surface area (Å²) < 4.78 is 0. The number of rotatable bonds is 1. The summed E-state index contributed by atoms with van der Waals surface area (Å²) in [6.45, 7) is 4.73. The van der Waals surface area contributed by atoms with Crippen molar-refractivity contribution in [1.29, 1.82) is 0 Å². The zero-order chi connectivity index (χ0) is 12.4. The van der Waals surface area contributed by atoms with Crippen LogP contribution in [0.15, 0.2) is 0 Å². The zero-order valence-corrected chi connectivity index (χ0v) is 10.5. The number of nitrogen functional groups attached to an aromatic ring is 1. The molecule has 1 atom stereocenters. The molecule has 2 rings (SSSR count). The predicted molar refractivity (Wildman–Crippen MR) is 66.7 cm³/mol. The highest BCUT2D eigenvalue weighted by Crippen LogP contribution is 2.21. The standard InChI is InChI=1S/C12H20N4O/c1-8-6-4-3-5-7-16(8)12(17)11-10(13)9(2)14-15-11/h8H,3-7,13H2,1-2H3,(H,14,15). The Hall–Kier alpha value is -1.52. The molecule has 0 saturated carbocycles. The summed E-state index contributed by atoms with van der Waals surface area (Å²) in [5.74, 6) is -0.0405. The molecule has 1 saturated heterocycles. The molecular formula is C12H20N4O. The van der Waals surface area contributed by atoms with Crippen LogP contribution in [0.3, 0.4) is 0 Å². The summed E-state index contributed by atoms with van der Waals surface area (Å²) in [7, 11) is 0. The number of hydrogen-bond donors (Lipinski definition) is 2. The lowest BCUT2D eigenvalue weighted by Crippen LogP contribution is -2.38. The van der Waals surface area contributed by atoms with Gasteiger partial charge < -0.3 is 10.6 Å². The summed E-state index contributed by atoms with van der Waals surface area (Å²) in [5, 5.41) is 6.78. The maximum absolute atomic E-state index is 12.4. The molecule has 0 aromatic carbocycles. The minimum atomic E-state index is -0.0405. The van der Waals surface area contributed by atoms with Crippen LogP contribution in [0.25, 0.3) is 0 Å². The Labute approximate surface area is 101 Å². The van der Waals surface area contributed by atoms with Gasteiger partial charge in [0.05, 0.1) is 11.4 Å². The van der Waals surface area contributed by atoms with Crippen LogP contribution in [0.4, 0.5) is 5.69 Å². The van der Waals surface area contributed by atoms with Crippen molar-refractivity contribution in [2.24, 2.45) is 0 Å². The SMILES string of the molecule is Cc1[nH]nc(C(=O)N2CCCCCC2C)c1N. The maximum Gasteiger partial charge on any atom is 0.276 e.